The van der Waals surface area contributed by atoms with Gasteiger partial charge in [0.25, 0.3) is 5.56 Å². The van der Waals surface area contributed by atoms with Gasteiger partial charge >= 0.3 is 6.18 Å². The quantitative estimate of drug-likeness (QED) is 0.849. The van der Waals surface area contributed by atoms with Crippen molar-refractivity contribution in [2.75, 3.05) is 6.54 Å². The van der Waals surface area contributed by atoms with Crippen molar-refractivity contribution < 1.29 is 13.2 Å². The SMILES string of the molecule is O=c1[nH]c(C(F)(F)F)nc2c1CCN(Cc1nc(Br)cs1)C2. The first-order valence-electron chi connectivity index (χ1n) is 6.34. The van der Waals surface area contributed by atoms with Crippen molar-refractivity contribution in [2.45, 2.75) is 25.7 Å². The molecule has 0 aliphatic carbocycles. The highest BCUT2D eigenvalue weighted by Gasteiger charge is 2.36. The van der Waals surface area contributed by atoms with Crippen LogP contribution in [0.2, 0.25) is 0 Å². The average Bonchev–Trinajstić information content (AvgIpc) is 2.82. The summed E-state index contributed by atoms with van der Waals surface area (Å²) in [5.74, 6) is -1.24. The first-order valence-corrected chi connectivity index (χ1v) is 8.01. The standard InChI is InChI=1S/C12H10BrF3N4OS/c13-8-5-22-9(18-8)4-20-2-1-6-7(3-20)17-11(12(14,15)16)19-10(6)21/h5H,1-4H2,(H,17,19,21). The lowest BCUT2D eigenvalue weighted by Gasteiger charge is -2.26. The van der Waals surface area contributed by atoms with Crippen LogP contribution in [0.4, 0.5) is 13.2 Å². The minimum atomic E-state index is -4.66. The summed E-state index contributed by atoms with van der Waals surface area (Å²) in [5, 5.41) is 2.70. The Balaban J connectivity index is 1.85. The Morgan fingerprint density at radius 3 is 2.82 bits per heavy atom. The Morgan fingerprint density at radius 1 is 1.41 bits per heavy atom. The minimum Gasteiger partial charge on any atom is -0.303 e. The van der Waals surface area contributed by atoms with Gasteiger partial charge in [0.1, 0.15) is 9.61 Å². The van der Waals surface area contributed by atoms with E-state index in [0.29, 0.717) is 25.1 Å². The second-order valence-electron chi connectivity index (χ2n) is 4.86. The largest absolute Gasteiger partial charge is 0.449 e. The second-order valence-corrected chi connectivity index (χ2v) is 6.62. The maximum atomic E-state index is 12.7. The zero-order chi connectivity index (χ0) is 15.9. The molecule has 10 heteroatoms. The van der Waals surface area contributed by atoms with E-state index in [9.17, 15) is 18.0 Å². The molecule has 1 aliphatic rings. The van der Waals surface area contributed by atoms with Gasteiger partial charge in [0, 0.05) is 24.0 Å². The van der Waals surface area contributed by atoms with Gasteiger partial charge in [0.2, 0.25) is 5.82 Å². The fourth-order valence-electron chi connectivity index (χ4n) is 2.32. The number of aromatic nitrogens is 3. The third-order valence-electron chi connectivity index (χ3n) is 3.30. The maximum absolute atomic E-state index is 12.7. The molecule has 1 aliphatic heterocycles. The topological polar surface area (TPSA) is 61.9 Å². The van der Waals surface area contributed by atoms with Crippen molar-refractivity contribution in [3.8, 4) is 0 Å². The number of nitrogens with zero attached hydrogens (tertiary/aromatic N) is 3. The van der Waals surface area contributed by atoms with Crippen molar-refractivity contribution in [1.29, 1.82) is 0 Å². The minimum absolute atomic E-state index is 0.193. The maximum Gasteiger partial charge on any atom is 0.449 e. The Morgan fingerprint density at radius 2 is 2.18 bits per heavy atom. The van der Waals surface area contributed by atoms with Crippen LogP contribution >= 0.6 is 27.3 Å². The van der Waals surface area contributed by atoms with Crippen molar-refractivity contribution in [3.05, 3.63) is 42.4 Å². The lowest BCUT2D eigenvalue weighted by Crippen LogP contribution is -2.36. The highest BCUT2D eigenvalue weighted by molar-refractivity contribution is 9.10. The molecule has 0 unspecified atom stereocenters. The highest BCUT2D eigenvalue weighted by atomic mass is 79.9. The number of aromatic amines is 1. The summed E-state index contributed by atoms with van der Waals surface area (Å²) in [6.07, 6.45) is -4.28. The van der Waals surface area contributed by atoms with Crippen LogP contribution in [0.15, 0.2) is 14.8 Å². The molecule has 118 valence electrons. The lowest BCUT2D eigenvalue weighted by atomic mass is 10.1. The van der Waals surface area contributed by atoms with Crippen LogP contribution < -0.4 is 5.56 Å². The van der Waals surface area contributed by atoms with Gasteiger partial charge in [-0.05, 0) is 22.4 Å². The molecule has 22 heavy (non-hydrogen) atoms. The van der Waals surface area contributed by atoms with Gasteiger partial charge in [-0.15, -0.1) is 11.3 Å². The third-order valence-corrected chi connectivity index (χ3v) is 4.85. The number of alkyl halides is 3. The van der Waals surface area contributed by atoms with Gasteiger partial charge in [0.15, 0.2) is 0 Å². The monoisotopic (exact) mass is 394 g/mol. The molecule has 0 saturated carbocycles. The predicted molar refractivity (Wildman–Crippen MR) is 77.5 cm³/mol. The first kappa shape index (κ1) is 15.6. The molecule has 0 radical (unpaired) electrons. The number of fused-ring (bicyclic) bond motifs is 1. The molecule has 0 fully saturated rings. The number of nitrogens with one attached hydrogen (secondary N) is 1. The Bertz CT molecular complexity index is 758. The number of hydrogen-bond acceptors (Lipinski definition) is 5. The Kier molecular flexibility index (Phi) is 4.08. The summed E-state index contributed by atoms with van der Waals surface area (Å²) >= 11 is 4.73. The second kappa shape index (κ2) is 5.74. The normalized spacial score (nSPS) is 15.8. The average molecular weight is 395 g/mol. The zero-order valence-electron chi connectivity index (χ0n) is 11.1. The molecular weight excluding hydrogens is 385 g/mol. The molecule has 3 heterocycles. The number of thiazole rings is 1. The van der Waals surface area contributed by atoms with Gasteiger partial charge in [0.05, 0.1) is 12.2 Å². The number of halogens is 4. The van der Waals surface area contributed by atoms with E-state index < -0.39 is 17.6 Å². The molecule has 0 saturated heterocycles. The van der Waals surface area contributed by atoms with Crippen LogP contribution in [-0.4, -0.2) is 26.4 Å². The molecule has 0 aromatic carbocycles. The molecule has 3 rings (SSSR count). The van der Waals surface area contributed by atoms with Crippen LogP contribution in [0.3, 0.4) is 0 Å². The molecule has 0 bridgehead atoms. The highest BCUT2D eigenvalue weighted by Crippen LogP contribution is 2.27. The van der Waals surface area contributed by atoms with Crippen molar-refractivity contribution in [3.63, 3.8) is 0 Å². The fraction of sp³-hybridized carbons (Fsp3) is 0.417. The predicted octanol–water partition coefficient (Wildman–Crippen LogP) is 2.57. The zero-order valence-corrected chi connectivity index (χ0v) is 13.5. The van der Waals surface area contributed by atoms with Crippen LogP contribution in [0.5, 0.6) is 0 Å². The molecule has 5 nitrogen and oxygen atoms in total. The molecule has 2 aromatic heterocycles. The Hall–Kier alpha value is -1.26. The van der Waals surface area contributed by atoms with E-state index >= 15 is 0 Å². The fourth-order valence-corrected chi connectivity index (χ4v) is 3.62. The number of H-pyrrole nitrogens is 1. The summed E-state index contributed by atoms with van der Waals surface area (Å²) in [7, 11) is 0. The van der Waals surface area contributed by atoms with Gasteiger partial charge in [-0.1, -0.05) is 0 Å². The van der Waals surface area contributed by atoms with E-state index in [1.165, 1.54) is 11.3 Å². The molecule has 2 aromatic rings. The van der Waals surface area contributed by atoms with Gasteiger partial charge in [-0.25, -0.2) is 9.97 Å². The summed E-state index contributed by atoms with van der Waals surface area (Å²) in [6.45, 7) is 1.31. The van der Waals surface area contributed by atoms with E-state index in [4.69, 9.17) is 0 Å². The van der Waals surface area contributed by atoms with Crippen LogP contribution in [0.1, 0.15) is 22.1 Å². The summed E-state index contributed by atoms with van der Waals surface area (Å²) in [6, 6.07) is 0. The molecule has 0 atom stereocenters. The van der Waals surface area contributed by atoms with Gasteiger partial charge in [-0.3, -0.25) is 9.69 Å². The molecule has 0 amide bonds. The van der Waals surface area contributed by atoms with E-state index in [2.05, 4.69) is 25.9 Å². The van der Waals surface area contributed by atoms with E-state index in [0.717, 1.165) is 9.61 Å². The summed E-state index contributed by atoms with van der Waals surface area (Å²) in [4.78, 5) is 23.4. The number of rotatable bonds is 2. The number of hydrogen-bond donors (Lipinski definition) is 1. The first-order chi connectivity index (χ1) is 10.3. The van der Waals surface area contributed by atoms with E-state index in [1.807, 2.05) is 15.3 Å². The van der Waals surface area contributed by atoms with Crippen LogP contribution in [0.25, 0.3) is 0 Å². The Labute approximate surface area is 135 Å². The van der Waals surface area contributed by atoms with Gasteiger partial charge in [-0.2, -0.15) is 13.2 Å². The molecular formula is C12H10BrF3N4OS. The molecule has 0 spiro atoms. The van der Waals surface area contributed by atoms with Crippen molar-refractivity contribution in [1.82, 2.24) is 19.9 Å². The van der Waals surface area contributed by atoms with Crippen LogP contribution in [0, 0.1) is 0 Å². The summed E-state index contributed by atoms with van der Waals surface area (Å²) < 4.78 is 38.9. The van der Waals surface area contributed by atoms with Crippen molar-refractivity contribution in [2.24, 2.45) is 0 Å². The van der Waals surface area contributed by atoms with E-state index in [1.54, 1.807) is 0 Å². The van der Waals surface area contributed by atoms with Crippen LogP contribution in [-0.2, 0) is 25.7 Å². The lowest BCUT2D eigenvalue weighted by molar-refractivity contribution is -0.145. The van der Waals surface area contributed by atoms with Gasteiger partial charge < -0.3 is 4.98 Å². The molecule has 1 N–H and O–H groups in total. The van der Waals surface area contributed by atoms with E-state index in [-0.39, 0.29) is 12.2 Å². The third kappa shape index (κ3) is 3.23. The summed E-state index contributed by atoms with van der Waals surface area (Å²) in [5.41, 5.74) is -0.170. The van der Waals surface area contributed by atoms with Crippen molar-refractivity contribution >= 4 is 27.3 Å². The smallest absolute Gasteiger partial charge is 0.303 e.